The second-order valence-corrected chi connectivity index (χ2v) is 4.77. The van der Waals surface area contributed by atoms with Gasteiger partial charge in [-0.1, -0.05) is 25.3 Å². The Balaban J connectivity index is 3.05. The molecule has 0 atom stereocenters. The molecule has 1 rings (SSSR count). The minimum atomic E-state index is -1.05. The van der Waals surface area contributed by atoms with E-state index in [4.69, 9.17) is 0 Å². The maximum Gasteiger partial charge on any atom is 0.615 e. The predicted molar refractivity (Wildman–Crippen MR) is 80.2 cm³/mol. The fourth-order valence-electron chi connectivity index (χ4n) is 1.70. The Morgan fingerprint density at radius 3 is 2.50 bits per heavy atom. The number of carbonyl (C=O) groups is 2. The topological polar surface area (TPSA) is 66.4 Å². The quantitative estimate of drug-likeness (QED) is 0.598. The molecule has 0 aliphatic carbocycles. The Hall–Kier alpha value is -2.18. The van der Waals surface area contributed by atoms with E-state index < -0.39 is 7.05 Å². The highest BCUT2D eigenvalue weighted by atomic mass is 16.2. The van der Waals surface area contributed by atoms with Crippen molar-refractivity contribution >= 4 is 30.0 Å². The number of anilines is 1. The molecule has 1 aromatic rings. The summed E-state index contributed by atoms with van der Waals surface area (Å²) in [6.45, 7) is 6.79. The number of likely N-dealkylation sites (N-methyl/N-ethyl adjacent to an activating group) is 1. The summed E-state index contributed by atoms with van der Waals surface area (Å²) < 4.78 is -0.275. The highest BCUT2D eigenvalue weighted by molar-refractivity contribution is 6.60. The number of hydrogen-bond donors (Lipinski definition) is 2. The first-order valence-electron chi connectivity index (χ1n) is 6.05. The minimum absolute atomic E-state index is 0.275. The van der Waals surface area contributed by atoms with Crippen LogP contribution in [0.3, 0.4) is 0 Å². The molecule has 0 fully saturated rings. The summed E-state index contributed by atoms with van der Waals surface area (Å²) in [4.78, 5) is 23.0. The van der Waals surface area contributed by atoms with Crippen LogP contribution in [0, 0.1) is 0 Å². The van der Waals surface area contributed by atoms with Crippen LogP contribution in [-0.2, 0) is 9.59 Å². The summed E-state index contributed by atoms with van der Waals surface area (Å²) in [6, 6.07) is 6.68. The summed E-state index contributed by atoms with van der Waals surface area (Å²) in [5.41, 5.74) is 1.05. The van der Waals surface area contributed by atoms with Crippen molar-refractivity contribution in [3.63, 3.8) is 0 Å². The van der Waals surface area contributed by atoms with Crippen LogP contribution in [-0.4, -0.2) is 42.4 Å². The molecule has 0 aliphatic rings. The van der Waals surface area contributed by atoms with Gasteiger partial charge in [0.25, 0.3) is 0 Å². The number of rotatable bonds is 5. The lowest BCUT2D eigenvalue weighted by atomic mass is 9.69. The SMILES string of the molecule is C=CC(=O)Nc1cccc(B(O)[N+](C)(C)C(=O)C=C)c1. The van der Waals surface area contributed by atoms with Gasteiger partial charge >= 0.3 is 13.0 Å². The standard InChI is InChI=1S/C14H17BN2O3/c1-5-13(18)16-12-9-7-8-11(10-12)15(20)17(3,4)14(19)6-2/h5-10,20H,1-2H2,3-4H3/p+1. The smallest absolute Gasteiger partial charge is 0.393 e. The number of benzene rings is 1. The largest absolute Gasteiger partial charge is 0.615 e. The summed E-state index contributed by atoms with van der Waals surface area (Å²) >= 11 is 0. The van der Waals surface area contributed by atoms with Gasteiger partial charge in [-0.15, -0.1) is 0 Å². The third-order valence-corrected chi connectivity index (χ3v) is 2.99. The minimum Gasteiger partial charge on any atom is -0.393 e. The van der Waals surface area contributed by atoms with Crippen molar-refractivity contribution in [2.24, 2.45) is 0 Å². The highest BCUT2D eigenvalue weighted by Crippen LogP contribution is 2.08. The van der Waals surface area contributed by atoms with Gasteiger partial charge in [-0.05, 0) is 18.2 Å². The molecule has 0 spiro atoms. The number of quaternary nitrogens is 1. The number of hydrogen-bond acceptors (Lipinski definition) is 3. The molecule has 0 unspecified atom stereocenters. The van der Waals surface area contributed by atoms with E-state index >= 15 is 0 Å². The van der Waals surface area contributed by atoms with Gasteiger partial charge in [0.2, 0.25) is 5.91 Å². The lowest BCUT2D eigenvalue weighted by Crippen LogP contribution is -2.61. The normalized spacial score (nSPS) is 10.6. The van der Waals surface area contributed by atoms with Crippen molar-refractivity contribution in [2.45, 2.75) is 0 Å². The van der Waals surface area contributed by atoms with Gasteiger partial charge in [0.1, 0.15) is 0 Å². The second kappa shape index (κ2) is 6.32. The number of amides is 2. The van der Waals surface area contributed by atoms with Gasteiger partial charge in [0.15, 0.2) is 0 Å². The van der Waals surface area contributed by atoms with Crippen molar-refractivity contribution in [3.05, 3.63) is 49.6 Å². The lowest BCUT2D eigenvalue weighted by molar-refractivity contribution is -0.706. The summed E-state index contributed by atoms with van der Waals surface area (Å²) in [5.74, 6) is -0.648. The summed E-state index contributed by atoms with van der Waals surface area (Å²) in [7, 11) is 2.12. The Kier molecular flexibility index (Phi) is 5.02. The van der Waals surface area contributed by atoms with Crippen LogP contribution in [0.15, 0.2) is 49.6 Å². The molecule has 2 N–H and O–H groups in total. The molecule has 0 heterocycles. The van der Waals surface area contributed by atoms with Crippen LogP contribution in [0.25, 0.3) is 0 Å². The Labute approximate surface area is 118 Å². The predicted octanol–water partition coefficient (Wildman–Crippen LogP) is 0.288. The van der Waals surface area contributed by atoms with Gasteiger partial charge in [-0.2, -0.15) is 0 Å². The average molecular weight is 273 g/mol. The molecule has 0 saturated heterocycles. The Morgan fingerprint density at radius 1 is 1.30 bits per heavy atom. The molecule has 5 nitrogen and oxygen atoms in total. The zero-order chi connectivity index (χ0) is 15.3. The first-order chi connectivity index (χ1) is 9.32. The van der Waals surface area contributed by atoms with Crippen molar-refractivity contribution in [1.29, 1.82) is 0 Å². The monoisotopic (exact) mass is 273 g/mol. The van der Waals surface area contributed by atoms with E-state index in [0.717, 1.165) is 6.08 Å². The van der Waals surface area contributed by atoms with E-state index in [1.807, 2.05) is 0 Å². The molecular weight excluding hydrogens is 255 g/mol. The molecule has 6 heteroatoms. The van der Waals surface area contributed by atoms with E-state index in [1.54, 1.807) is 38.4 Å². The molecule has 0 bridgehead atoms. The third kappa shape index (κ3) is 3.43. The molecule has 0 saturated carbocycles. The van der Waals surface area contributed by atoms with Crippen molar-refractivity contribution in [3.8, 4) is 0 Å². The number of nitrogens with one attached hydrogen (secondary N) is 1. The first kappa shape index (κ1) is 15.9. The maximum absolute atomic E-state index is 11.8. The molecule has 0 radical (unpaired) electrons. The summed E-state index contributed by atoms with van der Waals surface area (Å²) in [5, 5.41) is 12.9. The molecule has 1 aromatic carbocycles. The maximum atomic E-state index is 11.8. The number of nitrogens with zero attached hydrogens (tertiary/aromatic N) is 1. The van der Waals surface area contributed by atoms with E-state index in [-0.39, 0.29) is 16.2 Å². The lowest BCUT2D eigenvalue weighted by Gasteiger charge is -2.28. The fourth-order valence-corrected chi connectivity index (χ4v) is 1.70. The van der Waals surface area contributed by atoms with Gasteiger partial charge in [-0.25, -0.2) is 4.79 Å². The van der Waals surface area contributed by atoms with Crippen LogP contribution in [0.5, 0.6) is 0 Å². The van der Waals surface area contributed by atoms with Crippen LogP contribution in [0.1, 0.15) is 0 Å². The highest BCUT2D eigenvalue weighted by Gasteiger charge is 2.42. The number of carbonyl (C=O) groups excluding carboxylic acids is 2. The van der Waals surface area contributed by atoms with E-state index in [9.17, 15) is 14.6 Å². The first-order valence-corrected chi connectivity index (χ1v) is 6.05. The third-order valence-electron chi connectivity index (χ3n) is 2.99. The second-order valence-electron chi connectivity index (χ2n) is 4.77. The van der Waals surface area contributed by atoms with Gasteiger partial charge < -0.3 is 10.3 Å². The molecule has 2 amide bonds. The van der Waals surface area contributed by atoms with Crippen LogP contribution in [0.2, 0.25) is 0 Å². The van der Waals surface area contributed by atoms with Gasteiger partial charge in [-0.3, -0.25) is 9.19 Å². The summed E-state index contributed by atoms with van der Waals surface area (Å²) in [6.07, 6.45) is 2.33. The molecular formula is C14H18BN2O3+. The zero-order valence-electron chi connectivity index (χ0n) is 11.7. The molecule has 0 aliphatic heterocycles. The molecule has 20 heavy (non-hydrogen) atoms. The molecule has 0 aromatic heterocycles. The van der Waals surface area contributed by atoms with E-state index in [2.05, 4.69) is 18.5 Å². The van der Waals surface area contributed by atoms with Crippen LogP contribution in [0.4, 0.5) is 5.69 Å². The van der Waals surface area contributed by atoms with Crippen molar-refractivity contribution in [1.82, 2.24) is 0 Å². The zero-order valence-corrected chi connectivity index (χ0v) is 11.7. The van der Waals surface area contributed by atoms with Crippen LogP contribution < -0.4 is 10.8 Å². The average Bonchev–Trinajstić information content (AvgIpc) is 2.45. The Morgan fingerprint density at radius 2 is 1.95 bits per heavy atom. The van der Waals surface area contributed by atoms with Crippen molar-refractivity contribution in [2.75, 3.05) is 19.4 Å². The van der Waals surface area contributed by atoms with Gasteiger partial charge in [0, 0.05) is 17.2 Å². The van der Waals surface area contributed by atoms with E-state index in [1.165, 1.54) is 6.08 Å². The van der Waals surface area contributed by atoms with Crippen molar-refractivity contribution < 1.29 is 19.0 Å². The van der Waals surface area contributed by atoms with Crippen LogP contribution >= 0.6 is 0 Å². The van der Waals surface area contributed by atoms with E-state index in [0.29, 0.717) is 11.2 Å². The Bertz CT molecular complexity index is 555. The van der Waals surface area contributed by atoms with Gasteiger partial charge in [0.05, 0.1) is 14.1 Å². The fraction of sp³-hybridized carbons (Fsp3) is 0.143. The molecule has 104 valence electrons.